The van der Waals surface area contributed by atoms with Gasteiger partial charge in [-0.05, 0) is 30.2 Å². The summed E-state index contributed by atoms with van der Waals surface area (Å²) in [5, 5.41) is 6.35. The number of hydrogen-bond donors (Lipinski definition) is 1. The van der Waals surface area contributed by atoms with Crippen LogP contribution >= 0.6 is 0 Å². The lowest BCUT2D eigenvalue weighted by molar-refractivity contribution is -0.136. The van der Waals surface area contributed by atoms with E-state index in [1.165, 1.54) is 4.68 Å². The van der Waals surface area contributed by atoms with E-state index in [9.17, 15) is 14.4 Å². The maximum absolute atomic E-state index is 12.1. The van der Waals surface area contributed by atoms with Crippen LogP contribution in [-0.2, 0) is 15.0 Å². The Morgan fingerprint density at radius 2 is 2.11 bits per heavy atom. The Morgan fingerprint density at radius 1 is 1.37 bits per heavy atom. The summed E-state index contributed by atoms with van der Waals surface area (Å²) < 4.78 is 1.18. The molecule has 2 heterocycles. The van der Waals surface area contributed by atoms with Gasteiger partial charge in [-0.1, -0.05) is 6.92 Å². The molecule has 1 atom stereocenters. The van der Waals surface area contributed by atoms with Crippen molar-refractivity contribution in [2.24, 2.45) is 0 Å². The number of rotatable bonds is 2. The molecule has 6 nitrogen and oxygen atoms in total. The molecule has 2 amide bonds. The van der Waals surface area contributed by atoms with Crippen LogP contribution in [-0.4, -0.2) is 21.6 Å². The Morgan fingerprint density at radius 3 is 2.68 bits per heavy atom. The van der Waals surface area contributed by atoms with Crippen LogP contribution in [0.3, 0.4) is 0 Å². The number of carbonyl (C=O) groups is 2. The van der Waals surface area contributed by atoms with Gasteiger partial charge in [0.05, 0.1) is 6.20 Å². The molecule has 2 aliphatic rings. The van der Waals surface area contributed by atoms with Gasteiger partial charge in [-0.3, -0.25) is 19.7 Å². The maximum atomic E-state index is 12.1. The number of aromatic nitrogens is 2. The second kappa shape index (κ2) is 4.01. The van der Waals surface area contributed by atoms with Crippen LogP contribution in [0.15, 0.2) is 17.1 Å². The monoisotopic (exact) mass is 261 g/mol. The minimum atomic E-state index is -0.675. The van der Waals surface area contributed by atoms with Crippen molar-refractivity contribution in [1.82, 2.24) is 15.1 Å². The van der Waals surface area contributed by atoms with Crippen molar-refractivity contribution in [3.8, 4) is 0 Å². The smallest absolute Gasteiger partial charge is 0.267 e. The van der Waals surface area contributed by atoms with Gasteiger partial charge in [0, 0.05) is 12.5 Å². The Bertz CT molecular complexity index is 616. The Hall–Kier alpha value is -1.98. The van der Waals surface area contributed by atoms with Gasteiger partial charge >= 0.3 is 0 Å². The van der Waals surface area contributed by atoms with Crippen molar-refractivity contribution in [2.75, 3.05) is 0 Å². The highest BCUT2D eigenvalue weighted by Gasteiger charge is 2.40. The Labute approximate surface area is 109 Å². The van der Waals surface area contributed by atoms with Crippen LogP contribution in [0.1, 0.15) is 44.2 Å². The van der Waals surface area contributed by atoms with E-state index in [-0.39, 0.29) is 23.3 Å². The summed E-state index contributed by atoms with van der Waals surface area (Å²) in [5.41, 5.74) is 0.733. The Kier molecular flexibility index (Phi) is 2.55. The predicted octanol–water partition coefficient (Wildman–Crippen LogP) is 0.272. The van der Waals surface area contributed by atoms with Gasteiger partial charge in [0.15, 0.2) is 0 Å². The van der Waals surface area contributed by atoms with E-state index in [0.717, 1.165) is 18.4 Å². The van der Waals surface area contributed by atoms with Gasteiger partial charge in [-0.25, -0.2) is 4.68 Å². The zero-order chi connectivity index (χ0) is 13.6. The first kappa shape index (κ1) is 12.1. The molecule has 1 aromatic rings. The molecule has 0 radical (unpaired) electrons. The summed E-state index contributed by atoms with van der Waals surface area (Å²) in [6.45, 7) is 2.10. The summed E-state index contributed by atoms with van der Waals surface area (Å²) >= 11 is 0. The number of amides is 2. The van der Waals surface area contributed by atoms with E-state index < -0.39 is 11.9 Å². The van der Waals surface area contributed by atoms with Crippen LogP contribution < -0.4 is 10.9 Å². The van der Waals surface area contributed by atoms with E-state index in [1.54, 1.807) is 12.3 Å². The average molecular weight is 261 g/mol. The normalized spacial score (nSPS) is 25.0. The van der Waals surface area contributed by atoms with Crippen molar-refractivity contribution in [1.29, 1.82) is 0 Å². The van der Waals surface area contributed by atoms with Gasteiger partial charge in [-0.2, -0.15) is 5.10 Å². The number of nitrogens with zero attached hydrogens (tertiary/aromatic N) is 2. The fourth-order valence-electron chi connectivity index (χ4n) is 2.37. The van der Waals surface area contributed by atoms with Crippen molar-refractivity contribution in [3.63, 3.8) is 0 Å². The molecule has 1 saturated carbocycles. The lowest BCUT2D eigenvalue weighted by Crippen LogP contribution is -2.45. The van der Waals surface area contributed by atoms with E-state index in [1.807, 2.05) is 0 Å². The highest BCUT2D eigenvalue weighted by molar-refractivity contribution is 5.99. The van der Waals surface area contributed by atoms with E-state index >= 15 is 0 Å². The van der Waals surface area contributed by atoms with Crippen molar-refractivity contribution >= 4 is 11.8 Å². The molecule has 0 bridgehead atoms. The standard InChI is InChI=1S/C13H15N3O3/c1-13(4-5-13)8-6-11(18)16(14-7-8)9-2-3-10(17)15-12(9)19/h6-7,9H,2-5H2,1H3,(H,15,17,19). The fourth-order valence-corrected chi connectivity index (χ4v) is 2.37. The summed E-state index contributed by atoms with van der Waals surface area (Å²) in [6.07, 6.45) is 4.36. The molecule has 6 heteroatoms. The fraction of sp³-hybridized carbons (Fsp3) is 0.538. The number of nitrogens with one attached hydrogen (secondary N) is 1. The molecule has 0 aromatic carbocycles. The van der Waals surface area contributed by atoms with Gasteiger partial charge in [0.2, 0.25) is 5.91 Å². The molecule has 0 spiro atoms. The molecule has 100 valence electrons. The average Bonchev–Trinajstić information content (AvgIpc) is 3.10. The van der Waals surface area contributed by atoms with Gasteiger partial charge in [-0.15, -0.1) is 0 Å². The SMILES string of the molecule is CC1(c2cnn(C3CCC(=O)NC3=O)c(=O)c2)CC1. The Balaban J connectivity index is 1.91. The second-order valence-corrected chi connectivity index (χ2v) is 5.55. The van der Waals surface area contributed by atoms with Crippen molar-refractivity contribution in [2.45, 2.75) is 44.1 Å². The molecule has 1 aliphatic carbocycles. The molecule has 2 fully saturated rings. The molecule has 1 aromatic heterocycles. The first-order valence-corrected chi connectivity index (χ1v) is 6.43. The van der Waals surface area contributed by atoms with Gasteiger partial charge < -0.3 is 0 Å². The minimum absolute atomic E-state index is 0.0794. The number of carbonyl (C=O) groups excluding carboxylic acids is 2. The van der Waals surface area contributed by atoms with Crippen LogP contribution in [0.2, 0.25) is 0 Å². The summed E-state index contributed by atoms with van der Waals surface area (Å²) in [6, 6.07) is 0.884. The zero-order valence-electron chi connectivity index (χ0n) is 10.7. The summed E-state index contributed by atoms with van der Waals surface area (Å²) in [5.74, 6) is -0.743. The van der Waals surface area contributed by atoms with Crippen molar-refractivity contribution < 1.29 is 9.59 Å². The second-order valence-electron chi connectivity index (χ2n) is 5.55. The number of hydrogen-bond acceptors (Lipinski definition) is 4. The van der Waals surface area contributed by atoms with Crippen molar-refractivity contribution in [3.05, 3.63) is 28.2 Å². The molecule has 19 heavy (non-hydrogen) atoms. The number of imide groups is 1. The predicted molar refractivity (Wildman–Crippen MR) is 66.5 cm³/mol. The van der Waals surface area contributed by atoms with E-state index in [0.29, 0.717) is 6.42 Å². The highest BCUT2D eigenvalue weighted by Crippen LogP contribution is 2.46. The lowest BCUT2D eigenvalue weighted by atomic mass is 10.0. The van der Waals surface area contributed by atoms with Crippen LogP contribution in [0, 0.1) is 0 Å². The highest BCUT2D eigenvalue weighted by atomic mass is 16.2. The van der Waals surface area contributed by atoms with Crippen LogP contribution in [0.5, 0.6) is 0 Å². The van der Waals surface area contributed by atoms with E-state index in [4.69, 9.17) is 0 Å². The quantitative estimate of drug-likeness (QED) is 0.775. The molecular formula is C13H15N3O3. The van der Waals surface area contributed by atoms with E-state index in [2.05, 4.69) is 17.3 Å². The van der Waals surface area contributed by atoms with Crippen LogP contribution in [0.25, 0.3) is 0 Å². The first-order valence-electron chi connectivity index (χ1n) is 6.43. The minimum Gasteiger partial charge on any atom is -0.295 e. The van der Waals surface area contributed by atoms with Gasteiger partial charge in [0.1, 0.15) is 6.04 Å². The molecule has 1 N–H and O–H groups in total. The molecule has 1 aliphatic heterocycles. The van der Waals surface area contributed by atoms with Crippen LogP contribution in [0.4, 0.5) is 0 Å². The third-order valence-corrected chi connectivity index (χ3v) is 4.03. The number of piperidine rings is 1. The molecular weight excluding hydrogens is 246 g/mol. The largest absolute Gasteiger partial charge is 0.295 e. The lowest BCUT2D eigenvalue weighted by Gasteiger charge is -2.22. The maximum Gasteiger partial charge on any atom is 0.267 e. The molecule has 1 unspecified atom stereocenters. The third kappa shape index (κ3) is 2.07. The summed E-state index contributed by atoms with van der Waals surface area (Å²) in [7, 11) is 0. The molecule has 3 rings (SSSR count). The van der Waals surface area contributed by atoms with Gasteiger partial charge in [0.25, 0.3) is 11.5 Å². The molecule has 1 saturated heterocycles. The summed E-state index contributed by atoms with van der Waals surface area (Å²) in [4.78, 5) is 34.9. The first-order chi connectivity index (χ1) is 8.99. The third-order valence-electron chi connectivity index (χ3n) is 4.03. The topological polar surface area (TPSA) is 81.1 Å². The zero-order valence-corrected chi connectivity index (χ0v) is 10.7.